The molecule has 0 atom stereocenters. The van der Waals surface area contributed by atoms with Crippen molar-refractivity contribution in [3.8, 4) is 5.75 Å². The lowest BCUT2D eigenvalue weighted by atomic mass is 9.43. The molecule has 0 radical (unpaired) electrons. The minimum absolute atomic E-state index is 0. The third-order valence-electron chi connectivity index (χ3n) is 6.76. The minimum atomic E-state index is 0. The molecule has 0 amide bonds. The highest BCUT2D eigenvalue weighted by molar-refractivity contribution is 5.85. The van der Waals surface area contributed by atoms with Crippen LogP contribution in [0.4, 0.5) is 0 Å². The fraction of sp³-hybridized carbons (Fsp3) is 0.684. The van der Waals surface area contributed by atoms with Crippen molar-refractivity contribution in [2.45, 2.75) is 43.9 Å². The van der Waals surface area contributed by atoms with Crippen LogP contribution in [0.2, 0.25) is 0 Å². The number of halogens is 1. The molecular weight excluding hydrogens is 294 g/mol. The van der Waals surface area contributed by atoms with Crippen molar-refractivity contribution < 1.29 is 4.74 Å². The van der Waals surface area contributed by atoms with E-state index in [1.165, 1.54) is 37.7 Å². The number of benzene rings is 1. The lowest BCUT2D eigenvalue weighted by Gasteiger charge is -2.62. The second kappa shape index (κ2) is 6.05. The Hall–Kier alpha value is -0.730. The summed E-state index contributed by atoms with van der Waals surface area (Å²) in [5.74, 6) is 4.71. The molecule has 0 spiro atoms. The van der Waals surface area contributed by atoms with Gasteiger partial charge in [-0.3, -0.25) is 0 Å². The number of hydrogen-bond donors (Lipinski definition) is 1. The van der Waals surface area contributed by atoms with Crippen molar-refractivity contribution in [3.05, 3.63) is 29.8 Å². The van der Waals surface area contributed by atoms with Crippen molar-refractivity contribution in [1.82, 2.24) is 0 Å². The van der Waals surface area contributed by atoms with E-state index >= 15 is 0 Å². The van der Waals surface area contributed by atoms with Gasteiger partial charge in [-0.1, -0.05) is 12.1 Å². The molecule has 5 rings (SSSR count). The third kappa shape index (κ3) is 2.27. The molecule has 122 valence electrons. The summed E-state index contributed by atoms with van der Waals surface area (Å²) >= 11 is 0. The van der Waals surface area contributed by atoms with Gasteiger partial charge in [-0.05, 0) is 86.4 Å². The number of ether oxygens (including phenoxy) is 1. The van der Waals surface area contributed by atoms with Crippen LogP contribution in [0, 0.1) is 23.7 Å². The topological polar surface area (TPSA) is 35.2 Å². The summed E-state index contributed by atoms with van der Waals surface area (Å²) in [6.45, 7) is 0.805. The van der Waals surface area contributed by atoms with Crippen LogP contribution in [0.15, 0.2) is 24.3 Å². The zero-order chi connectivity index (χ0) is 14.4. The van der Waals surface area contributed by atoms with Crippen LogP contribution in [0.25, 0.3) is 0 Å². The second-order valence-corrected chi connectivity index (χ2v) is 7.62. The summed E-state index contributed by atoms with van der Waals surface area (Å²) in [6, 6.07) is 8.85. The van der Waals surface area contributed by atoms with E-state index < -0.39 is 0 Å². The lowest BCUT2D eigenvalue weighted by molar-refractivity contribution is -0.0639. The Morgan fingerprint density at radius 3 is 2.27 bits per heavy atom. The Morgan fingerprint density at radius 2 is 1.73 bits per heavy atom. The first-order valence-corrected chi connectivity index (χ1v) is 8.61. The van der Waals surface area contributed by atoms with Crippen LogP contribution in [-0.2, 0) is 5.41 Å². The van der Waals surface area contributed by atoms with E-state index in [4.69, 9.17) is 10.5 Å². The van der Waals surface area contributed by atoms with Gasteiger partial charge in [-0.25, -0.2) is 0 Å². The van der Waals surface area contributed by atoms with Crippen molar-refractivity contribution in [3.63, 3.8) is 0 Å². The second-order valence-electron chi connectivity index (χ2n) is 7.62. The smallest absolute Gasteiger partial charge is 0.119 e. The molecule has 0 aliphatic heterocycles. The molecule has 3 heteroatoms. The molecule has 4 aliphatic rings. The third-order valence-corrected chi connectivity index (χ3v) is 6.76. The number of methoxy groups -OCH3 is 1. The summed E-state index contributed by atoms with van der Waals surface area (Å²) in [6.07, 6.45) is 8.39. The van der Waals surface area contributed by atoms with Crippen molar-refractivity contribution in [2.24, 2.45) is 29.4 Å². The minimum Gasteiger partial charge on any atom is -0.497 e. The average Bonchev–Trinajstić information content (AvgIpc) is 2.50. The Kier molecular flexibility index (Phi) is 4.44. The first-order valence-electron chi connectivity index (χ1n) is 8.61. The fourth-order valence-corrected chi connectivity index (χ4v) is 6.20. The molecule has 4 bridgehead atoms. The summed E-state index contributed by atoms with van der Waals surface area (Å²) in [4.78, 5) is 0. The van der Waals surface area contributed by atoms with Gasteiger partial charge in [0.15, 0.2) is 0 Å². The molecule has 22 heavy (non-hydrogen) atoms. The van der Waals surface area contributed by atoms with Gasteiger partial charge in [0.05, 0.1) is 7.11 Å². The molecule has 2 nitrogen and oxygen atoms in total. The van der Waals surface area contributed by atoms with Crippen molar-refractivity contribution in [1.29, 1.82) is 0 Å². The summed E-state index contributed by atoms with van der Waals surface area (Å²) in [7, 11) is 1.77. The number of hydrogen-bond acceptors (Lipinski definition) is 2. The fourth-order valence-electron chi connectivity index (χ4n) is 6.20. The highest BCUT2D eigenvalue weighted by atomic mass is 35.5. The Labute approximate surface area is 140 Å². The van der Waals surface area contributed by atoms with E-state index in [0.717, 1.165) is 42.4 Å². The maximum atomic E-state index is 6.07. The zero-order valence-electron chi connectivity index (χ0n) is 13.5. The van der Waals surface area contributed by atoms with Gasteiger partial charge in [0.2, 0.25) is 0 Å². The van der Waals surface area contributed by atoms with E-state index in [1.54, 1.807) is 7.11 Å². The highest BCUT2D eigenvalue weighted by Gasteiger charge is 2.57. The van der Waals surface area contributed by atoms with Crippen molar-refractivity contribution in [2.75, 3.05) is 13.7 Å². The molecule has 0 aromatic heterocycles. The lowest BCUT2D eigenvalue weighted by Crippen LogP contribution is -2.56. The quantitative estimate of drug-likeness (QED) is 0.903. The first-order chi connectivity index (χ1) is 10.3. The van der Waals surface area contributed by atoms with E-state index in [1.807, 2.05) is 0 Å². The van der Waals surface area contributed by atoms with Crippen LogP contribution in [0.3, 0.4) is 0 Å². The van der Waals surface area contributed by atoms with Crippen LogP contribution in [0.1, 0.15) is 44.1 Å². The van der Waals surface area contributed by atoms with Crippen LogP contribution in [0.5, 0.6) is 5.75 Å². The van der Waals surface area contributed by atoms with E-state index in [0.29, 0.717) is 5.41 Å². The van der Waals surface area contributed by atoms with Crippen LogP contribution < -0.4 is 10.5 Å². The molecule has 4 saturated carbocycles. The molecule has 0 heterocycles. The van der Waals surface area contributed by atoms with Gasteiger partial charge in [0.1, 0.15) is 5.75 Å². The highest BCUT2D eigenvalue weighted by Crippen LogP contribution is 2.64. The summed E-state index contributed by atoms with van der Waals surface area (Å²) < 4.78 is 5.49. The van der Waals surface area contributed by atoms with Gasteiger partial charge in [-0.15, -0.1) is 12.4 Å². The maximum Gasteiger partial charge on any atom is 0.119 e. The molecule has 0 unspecified atom stereocenters. The van der Waals surface area contributed by atoms with Gasteiger partial charge < -0.3 is 10.5 Å². The maximum absolute atomic E-state index is 6.07. The monoisotopic (exact) mass is 321 g/mol. The molecule has 1 aromatic carbocycles. The molecule has 4 fully saturated rings. The molecule has 1 aromatic rings. The van der Waals surface area contributed by atoms with Gasteiger partial charge in [0.25, 0.3) is 0 Å². The Morgan fingerprint density at radius 1 is 1.09 bits per heavy atom. The Bertz CT molecular complexity index is 502. The van der Waals surface area contributed by atoms with E-state index in [2.05, 4.69) is 24.3 Å². The van der Waals surface area contributed by atoms with Gasteiger partial charge in [0, 0.05) is 5.41 Å². The zero-order valence-corrected chi connectivity index (χ0v) is 14.3. The summed E-state index contributed by atoms with van der Waals surface area (Å²) in [5, 5.41) is 0. The number of nitrogens with two attached hydrogens (primary N) is 1. The van der Waals surface area contributed by atoms with Crippen molar-refractivity contribution >= 4 is 12.4 Å². The molecule has 2 N–H and O–H groups in total. The molecular formula is C19H28ClNO. The SMILES string of the molecule is COc1cccc(C2(CCN)C3CC4CC(C3)CC2C4)c1.Cl. The largest absolute Gasteiger partial charge is 0.497 e. The predicted octanol–water partition coefficient (Wildman–Crippen LogP) is 4.16. The molecule has 0 saturated heterocycles. The van der Waals surface area contributed by atoms with Crippen LogP contribution in [-0.4, -0.2) is 13.7 Å². The first kappa shape index (κ1) is 16.1. The number of rotatable bonds is 4. The summed E-state index contributed by atoms with van der Waals surface area (Å²) in [5.41, 5.74) is 7.90. The molecule has 4 aliphatic carbocycles. The van der Waals surface area contributed by atoms with Gasteiger partial charge in [-0.2, -0.15) is 0 Å². The van der Waals surface area contributed by atoms with E-state index in [-0.39, 0.29) is 12.4 Å². The van der Waals surface area contributed by atoms with Crippen LogP contribution >= 0.6 is 12.4 Å². The normalized spacial score (nSPS) is 38.6. The standard InChI is InChI=1S/C19H27NO.ClH/c1-21-18-4-2-3-15(12-18)19(5-6-20)16-8-13-7-14(10-16)11-17(19)9-13;/h2-4,12-14,16-17H,5-11,20H2,1H3;1H. The Balaban J connectivity index is 0.00000144. The average molecular weight is 322 g/mol. The predicted molar refractivity (Wildman–Crippen MR) is 92.6 cm³/mol. The van der Waals surface area contributed by atoms with E-state index in [9.17, 15) is 0 Å². The van der Waals surface area contributed by atoms with Gasteiger partial charge >= 0.3 is 0 Å².